The molecule has 4 aromatic heterocycles. The number of nitrogens with zero attached hydrogens (tertiary/aromatic N) is 3. The Morgan fingerprint density at radius 1 is 1.14 bits per heavy atom. The molecule has 0 saturated carbocycles. The maximum absolute atomic E-state index is 14.6. The highest BCUT2D eigenvalue weighted by Crippen LogP contribution is 2.25. The lowest BCUT2D eigenvalue weighted by atomic mass is 10.1. The highest BCUT2D eigenvalue weighted by molar-refractivity contribution is 7.98. The summed E-state index contributed by atoms with van der Waals surface area (Å²) < 4.78 is 14.6. The molecule has 0 radical (unpaired) electrons. The molecule has 0 bridgehead atoms. The first-order valence-corrected chi connectivity index (χ1v) is 10.2. The highest BCUT2D eigenvalue weighted by atomic mass is 35.5. The molecule has 4 aromatic rings. The Hall–Kier alpha value is -2.64. The summed E-state index contributed by atoms with van der Waals surface area (Å²) in [4.78, 5) is 16.7. The van der Waals surface area contributed by atoms with Gasteiger partial charge in [0.1, 0.15) is 16.6 Å². The van der Waals surface area contributed by atoms with Gasteiger partial charge in [0, 0.05) is 47.4 Å². The molecule has 142 valence electrons. The number of rotatable bonds is 6. The highest BCUT2D eigenvalue weighted by Gasteiger charge is 2.11. The standard InChI is InChI=1S/C20H17ClFN5S/c1-28-15-7-16-14(10-25-20(16)26-11-15)6-13-3-5-18(27-19(13)22)24-9-12-2-4-17(21)23-8-12/h2-5,7-8,10-11H,6,9H2,1H3,(H,24,27)(H,25,26). The second kappa shape index (κ2) is 8.16. The van der Waals surface area contributed by atoms with Crippen LogP contribution in [0, 0.1) is 5.95 Å². The fourth-order valence-electron chi connectivity index (χ4n) is 2.90. The molecule has 0 aliphatic carbocycles. The SMILES string of the molecule is CSc1cnc2[nH]cc(Cc3ccc(NCc4ccc(Cl)nc4)nc3F)c2c1. The third kappa shape index (κ3) is 4.10. The van der Waals surface area contributed by atoms with Crippen LogP contribution in [0.4, 0.5) is 10.2 Å². The number of halogens is 2. The summed E-state index contributed by atoms with van der Waals surface area (Å²) in [6.07, 6.45) is 7.82. The summed E-state index contributed by atoms with van der Waals surface area (Å²) in [7, 11) is 0. The van der Waals surface area contributed by atoms with Crippen molar-refractivity contribution in [2.24, 2.45) is 0 Å². The van der Waals surface area contributed by atoms with E-state index in [1.807, 2.05) is 24.7 Å². The molecule has 5 nitrogen and oxygen atoms in total. The van der Waals surface area contributed by atoms with Crippen LogP contribution in [0.15, 0.2) is 53.8 Å². The quantitative estimate of drug-likeness (QED) is 0.341. The van der Waals surface area contributed by atoms with Gasteiger partial charge >= 0.3 is 0 Å². The maximum atomic E-state index is 14.6. The molecule has 0 saturated heterocycles. The molecule has 0 aliphatic rings. The van der Waals surface area contributed by atoms with Gasteiger partial charge in [0.05, 0.1) is 0 Å². The maximum Gasteiger partial charge on any atom is 0.218 e. The van der Waals surface area contributed by atoms with Crippen molar-refractivity contribution in [3.05, 3.63) is 76.7 Å². The topological polar surface area (TPSA) is 66.5 Å². The molecule has 28 heavy (non-hydrogen) atoms. The van der Waals surface area contributed by atoms with Gasteiger partial charge in [-0.3, -0.25) is 0 Å². The lowest BCUT2D eigenvalue weighted by molar-refractivity contribution is 0.571. The number of aromatic amines is 1. The number of aromatic nitrogens is 4. The first-order chi connectivity index (χ1) is 13.6. The van der Waals surface area contributed by atoms with Crippen molar-refractivity contribution in [3.8, 4) is 0 Å². The summed E-state index contributed by atoms with van der Waals surface area (Å²) in [5.74, 6) is -0.0102. The minimum Gasteiger partial charge on any atom is -0.366 e. The van der Waals surface area contributed by atoms with Crippen molar-refractivity contribution in [3.63, 3.8) is 0 Å². The summed E-state index contributed by atoms with van der Waals surface area (Å²) >= 11 is 7.41. The Labute approximate surface area is 170 Å². The predicted octanol–water partition coefficient (Wildman–Crippen LogP) is 5.07. The van der Waals surface area contributed by atoms with Gasteiger partial charge in [0.25, 0.3) is 0 Å². The van der Waals surface area contributed by atoms with Crippen molar-refractivity contribution < 1.29 is 4.39 Å². The van der Waals surface area contributed by atoms with Crippen LogP contribution >= 0.6 is 23.4 Å². The van der Waals surface area contributed by atoms with E-state index in [4.69, 9.17) is 11.6 Å². The fourth-order valence-corrected chi connectivity index (χ4v) is 3.40. The number of H-pyrrole nitrogens is 1. The van der Waals surface area contributed by atoms with Gasteiger partial charge in [0.15, 0.2) is 0 Å². The van der Waals surface area contributed by atoms with E-state index in [-0.39, 0.29) is 0 Å². The lowest BCUT2D eigenvalue weighted by Gasteiger charge is -2.08. The van der Waals surface area contributed by atoms with Crippen LogP contribution in [0.2, 0.25) is 5.15 Å². The van der Waals surface area contributed by atoms with E-state index in [0.29, 0.717) is 29.5 Å². The van der Waals surface area contributed by atoms with Crippen molar-refractivity contribution in [1.82, 2.24) is 19.9 Å². The monoisotopic (exact) mass is 413 g/mol. The van der Waals surface area contributed by atoms with Gasteiger partial charge in [-0.1, -0.05) is 23.7 Å². The van der Waals surface area contributed by atoms with E-state index < -0.39 is 5.95 Å². The van der Waals surface area contributed by atoms with Crippen LogP contribution in [0.1, 0.15) is 16.7 Å². The van der Waals surface area contributed by atoms with Crippen molar-refractivity contribution >= 4 is 40.2 Å². The van der Waals surface area contributed by atoms with Crippen LogP contribution in [-0.2, 0) is 13.0 Å². The summed E-state index contributed by atoms with van der Waals surface area (Å²) in [5.41, 5.74) is 3.27. The second-order valence-electron chi connectivity index (χ2n) is 6.25. The molecule has 8 heteroatoms. The molecule has 0 fully saturated rings. The second-order valence-corrected chi connectivity index (χ2v) is 7.52. The molecule has 2 N–H and O–H groups in total. The first-order valence-electron chi connectivity index (χ1n) is 8.62. The Bertz CT molecular complexity index is 1110. The third-order valence-electron chi connectivity index (χ3n) is 4.40. The largest absolute Gasteiger partial charge is 0.366 e. The zero-order valence-electron chi connectivity index (χ0n) is 15.0. The zero-order valence-corrected chi connectivity index (χ0v) is 16.6. The smallest absolute Gasteiger partial charge is 0.218 e. The van der Waals surface area contributed by atoms with Crippen LogP contribution in [0.3, 0.4) is 0 Å². The average molecular weight is 414 g/mol. The molecule has 4 heterocycles. The number of hydrogen-bond donors (Lipinski definition) is 2. The molecule has 4 rings (SSSR count). The van der Waals surface area contributed by atoms with Crippen molar-refractivity contribution in [2.45, 2.75) is 17.9 Å². The Morgan fingerprint density at radius 3 is 2.79 bits per heavy atom. The predicted molar refractivity (Wildman–Crippen MR) is 111 cm³/mol. The Kier molecular flexibility index (Phi) is 5.45. The fraction of sp³-hybridized carbons (Fsp3) is 0.150. The molecule has 0 spiro atoms. The van der Waals surface area contributed by atoms with Crippen molar-refractivity contribution in [2.75, 3.05) is 11.6 Å². The van der Waals surface area contributed by atoms with Gasteiger partial charge in [-0.15, -0.1) is 11.8 Å². The minimum atomic E-state index is -0.484. The van der Waals surface area contributed by atoms with E-state index in [0.717, 1.165) is 27.1 Å². The molecule has 0 unspecified atom stereocenters. The van der Waals surface area contributed by atoms with Crippen molar-refractivity contribution in [1.29, 1.82) is 0 Å². The molecule has 0 atom stereocenters. The van der Waals surface area contributed by atoms with Gasteiger partial charge in [-0.05, 0) is 35.6 Å². The number of pyridine rings is 3. The number of anilines is 1. The van der Waals surface area contributed by atoms with E-state index in [9.17, 15) is 4.39 Å². The lowest BCUT2D eigenvalue weighted by Crippen LogP contribution is -2.04. The Morgan fingerprint density at radius 2 is 2.04 bits per heavy atom. The Balaban J connectivity index is 1.49. The molecular weight excluding hydrogens is 397 g/mol. The van der Waals surface area contributed by atoms with Crippen LogP contribution in [0.5, 0.6) is 0 Å². The van der Waals surface area contributed by atoms with E-state index in [2.05, 4.69) is 31.3 Å². The van der Waals surface area contributed by atoms with Crippen LogP contribution in [0.25, 0.3) is 11.0 Å². The molecule has 0 amide bonds. The summed E-state index contributed by atoms with van der Waals surface area (Å²) in [6, 6.07) is 9.19. The van der Waals surface area contributed by atoms with Gasteiger partial charge in [-0.2, -0.15) is 4.39 Å². The molecule has 0 aromatic carbocycles. The number of hydrogen-bond acceptors (Lipinski definition) is 5. The van der Waals surface area contributed by atoms with E-state index in [1.165, 1.54) is 0 Å². The summed E-state index contributed by atoms with van der Waals surface area (Å²) in [6.45, 7) is 0.488. The molecule has 0 aliphatic heterocycles. The molecular formula is C20H17ClFN5S. The minimum absolute atomic E-state index is 0.439. The van der Waals surface area contributed by atoms with Crippen LogP contribution < -0.4 is 5.32 Å². The average Bonchev–Trinajstić information content (AvgIpc) is 3.11. The number of thioether (sulfide) groups is 1. The first kappa shape index (κ1) is 18.7. The summed E-state index contributed by atoms with van der Waals surface area (Å²) in [5, 5.41) is 4.54. The van der Waals surface area contributed by atoms with Gasteiger partial charge in [-0.25, -0.2) is 15.0 Å². The van der Waals surface area contributed by atoms with Gasteiger partial charge in [0.2, 0.25) is 5.95 Å². The zero-order chi connectivity index (χ0) is 19.5. The number of nitrogens with one attached hydrogen (secondary N) is 2. The third-order valence-corrected chi connectivity index (χ3v) is 5.31. The normalized spacial score (nSPS) is 11.1. The van der Waals surface area contributed by atoms with Gasteiger partial charge < -0.3 is 10.3 Å². The number of fused-ring (bicyclic) bond motifs is 1. The van der Waals surface area contributed by atoms with E-state index >= 15 is 0 Å². The van der Waals surface area contributed by atoms with E-state index in [1.54, 1.807) is 36.2 Å². The van der Waals surface area contributed by atoms with Crippen LogP contribution in [-0.4, -0.2) is 26.2 Å².